The average Bonchev–Trinajstić information content (AvgIpc) is 3.35. The number of nitrogens with zero attached hydrogens (tertiary/aromatic N) is 4. The van der Waals surface area contributed by atoms with Gasteiger partial charge < -0.3 is 0 Å². The van der Waals surface area contributed by atoms with E-state index < -0.39 is 11.6 Å². The zero-order valence-electron chi connectivity index (χ0n) is 15.5. The van der Waals surface area contributed by atoms with Crippen LogP contribution in [0.3, 0.4) is 0 Å². The lowest BCUT2D eigenvalue weighted by molar-refractivity contribution is 0.536. The van der Waals surface area contributed by atoms with Crippen LogP contribution >= 0.6 is 11.3 Å². The zero-order chi connectivity index (χ0) is 19.0. The number of aromatic nitrogens is 4. The van der Waals surface area contributed by atoms with E-state index in [9.17, 15) is 8.78 Å². The summed E-state index contributed by atoms with van der Waals surface area (Å²) in [4.78, 5) is 0. The van der Waals surface area contributed by atoms with Crippen molar-refractivity contribution in [1.82, 2.24) is 20.0 Å². The molecule has 5 rings (SSSR count). The van der Waals surface area contributed by atoms with E-state index in [1.54, 1.807) is 16.0 Å². The Morgan fingerprint density at radius 3 is 2.74 bits per heavy atom. The van der Waals surface area contributed by atoms with E-state index in [2.05, 4.69) is 36.1 Å². The molecule has 2 bridgehead atoms. The van der Waals surface area contributed by atoms with E-state index in [1.807, 2.05) is 6.20 Å². The molecule has 2 unspecified atom stereocenters. The third kappa shape index (κ3) is 2.33. The number of hydrogen-bond donors (Lipinski definition) is 0. The molecule has 0 spiro atoms. The molecule has 3 aromatic rings. The highest BCUT2D eigenvalue weighted by Crippen LogP contribution is 2.61. The van der Waals surface area contributed by atoms with Crippen molar-refractivity contribution in [2.75, 3.05) is 0 Å². The first-order valence-electron chi connectivity index (χ1n) is 9.18. The fourth-order valence-electron chi connectivity index (χ4n) is 4.52. The summed E-state index contributed by atoms with van der Waals surface area (Å²) in [7, 11) is 0. The van der Waals surface area contributed by atoms with Gasteiger partial charge >= 0.3 is 0 Å². The molecule has 2 heterocycles. The van der Waals surface area contributed by atoms with E-state index in [0.717, 1.165) is 46.6 Å². The van der Waals surface area contributed by atoms with Crippen LogP contribution in [-0.2, 0) is 10.8 Å². The van der Waals surface area contributed by atoms with Gasteiger partial charge in [-0.15, -0.1) is 21.5 Å². The van der Waals surface area contributed by atoms with Gasteiger partial charge in [-0.2, -0.15) is 5.10 Å². The van der Waals surface area contributed by atoms with Crippen molar-refractivity contribution in [1.29, 1.82) is 0 Å². The lowest BCUT2D eigenvalue weighted by Gasteiger charge is -2.24. The van der Waals surface area contributed by atoms with Gasteiger partial charge in [0.25, 0.3) is 0 Å². The molecule has 2 aliphatic rings. The van der Waals surface area contributed by atoms with E-state index in [0.29, 0.717) is 11.6 Å². The van der Waals surface area contributed by atoms with Gasteiger partial charge in [-0.1, -0.05) is 20.8 Å². The fourth-order valence-corrected chi connectivity index (χ4v) is 5.66. The summed E-state index contributed by atoms with van der Waals surface area (Å²) in [6, 6.07) is 3.64. The highest BCUT2D eigenvalue weighted by Gasteiger charge is 2.54. The van der Waals surface area contributed by atoms with Crippen LogP contribution in [0.5, 0.6) is 0 Å². The normalized spacial score (nSPS) is 23.8. The molecular formula is C20H20F2N4S. The molecule has 0 saturated heterocycles. The lowest BCUT2D eigenvalue weighted by atomic mass is 9.82. The maximum absolute atomic E-state index is 14.4. The second kappa shape index (κ2) is 5.44. The molecule has 4 nitrogen and oxygen atoms in total. The second-order valence-corrected chi connectivity index (χ2v) is 9.61. The Morgan fingerprint density at radius 2 is 2.04 bits per heavy atom. The third-order valence-corrected chi connectivity index (χ3v) is 7.39. The number of fused-ring (bicyclic) bond motifs is 5. The van der Waals surface area contributed by atoms with Crippen molar-refractivity contribution >= 4 is 11.3 Å². The zero-order valence-corrected chi connectivity index (χ0v) is 16.3. The van der Waals surface area contributed by atoms with Crippen molar-refractivity contribution in [3.63, 3.8) is 0 Å². The Bertz CT molecular complexity index is 1050. The number of halogens is 2. The Kier molecular flexibility index (Phi) is 3.42. The number of rotatable bonds is 2. The Morgan fingerprint density at radius 1 is 1.22 bits per heavy atom. The average molecular weight is 386 g/mol. The standard InChI is InChI=1S/C20H20F2N4S/c1-19(2,3)17-24-25-18(27-17)20-7-6-11(9-20)16-13(20)10-23-26(16)15-5-4-12(21)8-14(15)22/h4-5,8,10-11H,6-7,9H2,1-3H3. The van der Waals surface area contributed by atoms with Crippen LogP contribution in [0.25, 0.3) is 5.69 Å². The Hall–Kier alpha value is -2.15. The van der Waals surface area contributed by atoms with Crippen LogP contribution in [0.15, 0.2) is 24.4 Å². The molecule has 2 aliphatic carbocycles. The number of hydrogen-bond acceptors (Lipinski definition) is 4. The van der Waals surface area contributed by atoms with Gasteiger partial charge in [-0.25, -0.2) is 13.5 Å². The van der Waals surface area contributed by atoms with Crippen LogP contribution in [0, 0.1) is 11.6 Å². The van der Waals surface area contributed by atoms with Crippen LogP contribution in [0.1, 0.15) is 67.2 Å². The van der Waals surface area contributed by atoms with E-state index in [4.69, 9.17) is 0 Å². The summed E-state index contributed by atoms with van der Waals surface area (Å²) in [6.45, 7) is 6.42. The first kappa shape index (κ1) is 17.0. The fraction of sp³-hybridized carbons (Fsp3) is 0.450. The predicted octanol–water partition coefficient (Wildman–Crippen LogP) is 4.87. The molecule has 27 heavy (non-hydrogen) atoms. The quantitative estimate of drug-likeness (QED) is 0.631. The largest absolute Gasteiger partial charge is 0.234 e. The maximum Gasteiger partial charge on any atom is 0.151 e. The van der Waals surface area contributed by atoms with Gasteiger partial charge in [-0.05, 0) is 31.4 Å². The number of benzene rings is 1. The van der Waals surface area contributed by atoms with Gasteiger partial charge in [0.2, 0.25) is 0 Å². The minimum atomic E-state index is -0.594. The monoisotopic (exact) mass is 386 g/mol. The Labute approximate surface area is 160 Å². The second-order valence-electron chi connectivity index (χ2n) is 8.64. The van der Waals surface area contributed by atoms with Crippen molar-refractivity contribution in [2.24, 2.45) is 0 Å². The lowest BCUT2D eigenvalue weighted by Crippen LogP contribution is -2.22. The molecule has 140 valence electrons. The molecule has 2 atom stereocenters. The van der Waals surface area contributed by atoms with E-state index in [1.165, 1.54) is 12.1 Å². The molecule has 0 radical (unpaired) electrons. The van der Waals surface area contributed by atoms with Gasteiger partial charge in [-0.3, -0.25) is 0 Å². The predicted molar refractivity (Wildman–Crippen MR) is 99.5 cm³/mol. The maximum atomic E-state index is 14.4. The summed E-state index contributed by atoms with van der Waals surface area (Å²) in [5.41, 5.74) is 2.26. The van der Waals surface area contributed by atoms with Gasteiger partial charge in [0.1, 0.15) is 21.5 Å². The third-order valence-electron chi connectivity index (χ3n) is 5.84. The van der Waals surface area contributed by atoms with Crippen molar-refractivity contribution < 1.29 is 8.78 Å². The summed E-state index contributed by atoms with van der Waals surface area (Å²) in [5.74, 6) is -0.862. The van der Waals surface area contributed by atoms with Crippen molar-refractivity contribution in [2.45, 2.75) is 56.8 Å². The smallest absolute Gasteiger partial charge is 0.151 e. The topological polar surface area (TPSA) is 43.6 Å². The molecule has 2 aromatic heterocycles. The van der Waals surface area contributed by atoms with E-state index >= 15 is 0 Å². The molecular weight excluding hydrogens is 366 g/mol. The van der Waals surface area contributed by atoms with Crippen molar-refractivity contribution in [3.05, 3.63) is 57.3 Å². The van der Waals surface area contributed by atoms with E-state index in [-0.39, 0.29) is 10.8 Å². The molecule has 7 heteroatoms. The van der Waals surface area contributed by atoms with Crippen LogP contribution in [0.4, 0.5) is 8.78 Å². The highest BCUT2D eigenvalue weighted by atomic mass is 32.1. The summed E-state index contributed by atoms with van der Waals surface area (Å²) in [5, 5.41) is 15.5. The molecule has 0 amide bonds. The Balaban J connectivity index is 1.63. The first-order chi connectivity index (χ1) is 12.8. The summed E-state index contributed by atoms with van der Waals surface area (Å²) >= 11 is 1.68. The molecule has 1 saturated carbocycles. The minimum absolute atomic E-state index is 0.0343. The summed E-state index contributed by atoms with van der Waals surface area (Å²) < 4.78 is 29.3. The van der Waals surface area contributed by atoms with Crippen molar-refractivity contribution in [3.8, 4) is 5.69 Å². The van der Waals surface area contributed by atoms with Gasteiger partial charge in [0, 0.05) is 23.0 Å². The van der Waals surface area contributed by atoms with Crippen LogP contribution in [-0.4, -0.2) is 20.0 Å². The molecule has 0 N–H and O–H groups in total. The van der Waals surface area contributed by atoms with Gasteiger partial charge in [0.15, 0.2) is 5.82 Å². The van der Waals surface area contributed by atoms with Crippen LogP contribution in [0.2, 0.25) is 0 Å². The summed E-state index contributed by atoms with van der Waals surface area (Å²) in [6.07, 6.45) is 4.84. The van der Waals surface area contributed by atoms with Crippen LogP contribution < -0.4 is 0 Å². The molecule has 0 aliphatic heterocycles. The van der Waals surface area contributed by atoms with Gasteiger partial charge in [0.05, 0.1) is 17.3 Å². The molecule has 1 fully saturated rings. The highest BCUT2D eigenvalue weighted by molar-refractivity contribution is 7.11. The minimum Gasteiger partial charge on any atom is -0.234 e. The first-order valence-corrected chi connectivity index (χ1v) is 9.99. The molecule has 1 aromatic carbocycles. The SMILES string of the molecule is CC(C)(C)c1nnc(C23CCC(C2)c2c3cnn2-c2ccc(F)cc2F)s1.